The molecule has 4 aliphatic rings. The Hall–Kier alpha value is -0.900. The molecule has 4 saturated carbocycles. The monoisotopic (exact) mass is 274 g/mol. The predicted molar refractivity (Wildman–Crippen MR) is 78.0 cm³/mol. The van der Waals surface area contributed by atoms with Crippen LogP contribution in [-0.2, 0) is 19.0 Å². The molecule has 1 aromatic rings. The molecule has 0 aliphatic heterocycles. The van der Waals surface area contributed by atoms with E-state index in [0.717, 1.165) is 11.7 Å². The molecule has 20 heavy (non-hydrogen) atoms. The number of rotatable bonds is 2. The Morgan fingerprint density at radius 1 is 1.10 bits per heavy atom. The third kappa shape index (κ3) is 1.57. The fourth-order valence-corrected chi connectivity index (χ4v) is 6.70. The smallest absolute Gasteiger partial charge is 0.146 e. The van der Waals surface area contributed by atoms with Gasteiger partial charge in [-0.1, -0.05) is 13.8 Å². The summed E-state index contributed by atoms with van der Waals surface area (Å²) >= 11 is 0. The predicted octanol–water partition coefficient (Wildman–Crippen LogP) is 2.52. The average molecular weight is 274 g/mol. The Kier molecular flexibility index (Phi) is 2.34. The zero-order valence-electron chi connectivity index (χ0n) is 12.9. The molecule has 110 valence electrons. The van der Waals surface area contributed by atoms with Gasteiger partial charge in [-0.3, -0.25) is 0 Å². The standard InChI is InChI=1S/C16H26N4/c1-14-4-11-5-15(2,8-14)10-16(6-11,9-14)13-19-18-12(7-17)20(13)3/h11H,4-10,17H2,1-3H3. The first-order valence-corrected chi connectivity index (χ1v) is 7.96. The van der Waals surface area contributed by atoms with E-state index in [1.807, 2.05) is 0 Å². The first-order valence-electron chi connectivity index (χ1n) is 7.96. The molecule has 4 aliphatic carbocycles. The zero-order chi connectivity index (χ0) is 14.2. The highest BCUT2D eigenvalue weighted by atomic mass is 15.3. The van der Waals surface area contributed by atoms with Gasteiger partial charge in [0.25, 0.3) is 0 Å². The van der Waals surface area contributed by atoms with Crippen LogP contribution in [0, 0.1) is 16.7 Å². The SMILES string of the molecule is Cn1c(CN)nnc1C12CC3CC(C)(CC(C)(C3)C1)C2. The van der Waals surface area contributed by atoms with Gasteiger partial charge in [-0.2, -0.15) is 0 Å². The summed E-state index contributed by atoms with van der Waals surface area (Å²) in [5.74, 6) is 3.02. The van der Waals surface area contributed by atoms with E-state index in [0.29, 0.717) is 17.4 Å². The van der Waals surface area contributed by atoms with Crippen LogP contribution in [0.1, 0.15) is 64.0 Å². The van der Waals surface area contributed by atoms with Gasteiger partial charge in [0.1, 0.15) is 11.6 Å². The van der Waals surface area contributed by atoms with Gasteiger partial charge in [-0.15, -0.1) is 10.2 Å². The van der Waals surface area contributed by atoms with E-state index in [4.69, 9.17) is 5.73 Å². The average Bonchev–Trinajstić information content (AvgIpc) is 2.66. The van der Waals surface area contributed by atoms with Gasteiger partial charge in [0.2, 0.25) is 0 Å². The van der Waals surface area contributed by atoms with Crippen LogP contribution in [0.5, 0.6) is 0 Å². The molecule has 4 bridgehead atoms. The van der Waals surface area contributed by atoms with Crippen LogP contribution in [0.4, 0.5) is 0 Å². The molecule has 4 nitrogen and oxygen atoms in total. The van der Waals surface area contributed by atoms with Crippen molar-refractivity contribution < 1.29 is 0 Å². The van der Waals surface area contributed by atoms with Crippen molar-refractivity contribution >= 4 is 0 Å². The molecule has 5 rings (SSSR count). The topological polar surface area (TPSA) is 56.7 Å². The fourth-order valence-electron chi connectivity index (χ4n) is 6.70. The Labute approximate surface area is 121 Å². The van der Waals surface area contributed by atoms with Crippen molar-refractivity contribution in [2.24, 2.45) is 29.5 Å². The molecular weight excluding hydrogens is 248 g/mol. The van der Waals surface area contributed by atoms with E-state index in [9.17, 15) is 0 Å². The third-order valence-electron chi connectivity index (χ3n) is 6.25. The largest absolute Gasteiger partial charge is 0.324 e. The summed E-state index contributed by atoms with van der Waals surface area (Å²) in [6.07, 6.45) is 8.15. The Morgan fingerprint density at radius 3 is 2.25 bits per heavy atom. The minimum atomic E-state index is 0.262. The molecule has 0 amide bonds. The molecule has 4 heteroatoms. The molecule has 0 aromatic carbocycles. The first kappa shape index (κ1) is 12.8. The van der Waals surface area contributed by atoms with E-state index < -0.39 is 0 Å². The minimum absolute atomic E-state index is 0.262. The van der Waals surface area contributed by atoms with Crippen LogP contribution in [-0.4, -0.2) is 14.8 Å². The van der Waals surface area contributed by atoms with E-state index in [1.54, 1.807) is 0 Å². The van der Waals surface area contributed by atoms with Crippen LogP contribution in [0.15, 0.2) is 0 Å². The van der Waals surface area contributed by atoms with Gasteiger partial charge in [0, 0.05) is 12.5 Å². The number of hydrogen-bond acceptors (Lipinski definition) is 3. The normalized spacial score (nSPS) is 46.1. The van der Waals surface area contributed by atoms with Crippen molar-refractivity contribution in [2.75, 3.05) is 0 Å². The maximum atomic E-state index is 5.78. The molecular formula is C16H26N4. The molecule has 0 spiro atoms. The van der Waals surface area contributed by atoms with Gasteiger partial charge in [0.05, 0.1) is 6.54 Å². The summed E-state index contributed by atoms with van der Waals surface area (Å²) in [4.78, 5) is 0. The van der Waals surface area contributed by atoms with Crippen LogP contribution in [0.3, 0.4) is 0 Å². The van der Waals surface area contributed by atoms with E-state index in [1.165, 1.54) is 44.3 Å². The van der Waals surface area contributed by atoms with Gasteiger partial charge in [0.15, 0.2) is 0 Å². The van der Waals surface area contributed by atoms with Crippen LogP contribution in [0.25, 0.3) is 0 Å². The highest BCUT2D eigenvalue weighted by Gasteiger charge is 2.61. The van der Waals surface area contributed by atoms with E-state index in [-0.39, 0.29) is 5.41 Å². The molecule has 1 heterocycles. The lowest BCUT2D eigenvalue weighted by Gasteiger charge is -2.64. The summed E-state index contributed by atoms with van der Waals surface area (Å²) in [7, 11) is 2.10. The second-order valence-electron chi connectivity index (χ2n) is 8.61. The maximum absolute atomic E-state index is 5.78. The Balaban J connectivity index is 1.82. The van der Waals surface area contributed by atoms with Crippen molar-refractivity contribution in [2.45, 2.75) is 64.3 Å². The fraction of sp³-hybridized carbons (Fsp3) is 0.875. The Morgan fingerprint density at radius 2 is 1.75 bits per heavy atom. The number of aromatic nitrogens is 3. The summed E-state index contributed by atoms with van der Waals surface area (Å²) in [5.41, 5.74) is 7.08. The van der Waals surface area contributed by atoms with Gasteiger partial charge < -0.3 is 10.3 Å². The van der Waals surface area contributed by atoms with Crippen molar-refractivity contribution in [1.29, 1.82) is 0 Å². The first-order chi connectivity index (χ1) is 9.37. The van der Waals surface area contributed by atoms with Crippen molar-refractivity contribution in [3.63, 3.8) is 0 Å². The quantitative estimate of drug-likeness (QED) is 0.901. The minimum Gasteiger partial charge on any atom is -0.324 e. The van der Waals surface area contributed by atoms with Crippen molar-refractivity contribution in [3.8, 4) is 0 Å². The summed E-state index contributed by atoms with van der Waals surface area (Å²) < 4.78 is 2.18. The molecule has 1 aromatic heterocycles. The molecule has 2 unspecified atom stereocenters. The molecule has 0 radical (unpaired) electrons. The highest BCUT2D eigenvalue weighted by molar-refractivity contribution is 5.22. The number of nitrogens with two attached hydrogens (primary N) is 1. The van der Waals surface area contributed by atoms with Crippen LogP contribution in [0.2, 0.25) is 0 Å². The second kappa shape index (κ2) is 3.65. The van der Waals surface area contributed by atoms with Crippen molar-refractivity contribution in [3.05, 3.63) is 11.6 Å². The number of hydrogen-bond donors (Lipinski definition) is 1. The lowest BCUT2D eigenvalue weighted by molar-refractivity contribution is -0.113. The maximum Gasteiger partial charge on any atom is 0.146 e. The second-order valence-corrected chi connectivity index (χ2v) is 8.61. The summed E-state index contributed by atoms with van der Waals surface area (Å²) in [5, 5.41) is 8.90. The molecule has 2 atom stereocenters. The van der Waals surface area contributed by atoms with Gasteiger partial charge >= 0.3 is 0 Å². The lowest BCUT2D eigenvalue weighted by atomic mass is 9.40. The van der Waals surface area contributed by atoms with E-state index >= 15 is 0 Å². The summed E-state index contributed by atoms with van der Waals surface area (Å²) in [6, 6.07) is 0. The highest BCUT2D eigenvalue weighted by Crippen LogP contribution is 2.69. The zero-order valence-corrected chi connectivity index (χ0v) is 12.9. The lowest BCUT2D eigenvalue weighted by Crippen LogP contribution is -2.57. The van der Waals surface area contributed by atoms with Crippen LogP contribution >= 0.6 is 0 Å². The van der Waals surface area contributed by atoms with Gasteiger partial charge in [-0.25, -0.2) is 0 Å². The van der Waals surface area contributed by atoms with Crippen LogP contribution < -0.4 is 5.73 Å². The number of nitrogens with zero attached hydrogens (tertiary/aromatic N) is 3. The molecule has 2 N–H and O–H groups in total. The molecule has 0 saturated heterocycles. The van der Waals surface area contributed by atoms with Gasteiger partial charge in [-0.05, 0) is 55.3 Å². The summed E-state index contributed by atoms with van der Waals surface area (Å²) in [6.45, 7) is 5.49. The Bertz CT molecular complexity index is 543. The molecule has 4 fully saturated rings. The van der Waals surface area contributed by atoms with E-state index in [2.05, 4.69) is 35.7 Å². The van der Waals surface area contributed by atoms with Crippen molar-refractivity contribution in [1.82, 2.24) is 14.8 Å². The third-order valence-corrected chi connectivity index (χ3v) is 6.25.